The summed E-state index contributed by atoms with van der Waals surface area (Å²) in [5.41, 5.74) is 1.82. The average Bonchev–Trinajstić information content (AvgIpc) is 2.79. The number of hydrogen-bond acceptors (Lipinski definition) is 5. The zero-order valence-corrected chi connectivity index (χ0v) is 21.7. The molecular weight excluding hydrogens is 478 g/mol. The second-order valence-electron chi connectivity index (χ2n) is 8.06. The van der Waals surface area contributed by atoms with Gasteiger partial charge in [0.15, 0.2) is 0 Å². The first kappa shape index (κ1) is 27.5. The van der Waals surface area contributed by atoms with Crippen LogP contribution in [0.15, 0.2) is 42.5 Å². The van der Waals surface area contributed by atoms with Gasteiger partial charge in [-0.15, -0.1) is 0 Å². The molecule has 0 spiro atoms. The first-order chi connectivity index (χ1) is 16.0. The second-order valence-corrected chi connectivity index (χ2v) is 10.4. The number of rotatable bonds is 11. The minimum absolute atomic E-state index is 0.110. The Bertz CT molecular complexity index is 1110. The maximum absolute atomic E-state index is 13.5. The molecule has 186 valence electrons. The summed E-state index contributed by atoms with van der Waals surface area (Å²) >= 11 is 5.98. The Balaban J connectivity index is 2.43. The van der Waals surface area contributed by atoms with Gasteiger partial charge < -0.3 is 15.0 Å². The van der Waals surface area contributed by atoms with Crippen LogP contribution in [0.5, 0.6) is 5.75 Å². The lowest BCUT2D eigenvalue weighted by molar-refractivity contribution is -0.139. The molecule has 2 rings (SSSR count). The molecule has 2 aromatic carbocycles. The minimum atomic E-state index is -3.85. The van der Waals surface area contributed by atoms with Crippen LogP contribution in [-0.2, 0) is 26.2 Å². The number of hydrogen-bond donors (Lipinski definition) is 1. The molecule has 0 heterocycles. The number of nitrogens with one attached hydrogen (secondary N) is 1. The van der Waals surface area contributed by atoms with Crippen LogP contribution >= 0.6 is 11.6 Å². The molecule has 0 radical (unpaired) electrons. The van der Waals surface area contributed by atoms with Crippen LogP contribution in [0.4, 0.5) is 5.69 Å². The van der Waals surface area contributed by atoms with E-state index in [2.05, 4.69) is 5.32 Å². The molecule has 2 aromatic rings. The van der Waals surface area contributed by atoms with Crippen LogP contribution in [0.25, 0.3) is 0 Å². The van der Waals surface area contributed by atoms with Crippen molar-refractivity contribution in [2.45, 2.75) is 39.8 Å². The van der Waals surface area contributed by atoms with Gasteiger partial charge in [0.05, 0.1) is 19.1 Å². The summed E-state index contributed by atoms with van der Waals surface area (Å²) in [6.45, 7) is 5.47. The lowest BCUT2D eigenvalue weighted by atomic mass is 10.1. The number of sulfonamides is 1. The molecule has 0 aliphatic heterocycles. The number of amides is 2. The Morgan fingerprint density at radius 2 is 1.79 bits per heavy atom. The number of aryl methyl sites for hydroxylation is 1. The fraction of sp³-hybridized carbons (Fsp3) is 0.417. The van der Waals surface area contributed by atoms with Crippen molar-refractivity contribution in [1.29, 1.82) is 0 Å². The third-order valence-corrected chi connectivity index (χ3v) is 6.64. The number of ether oxygens (including phenoxy) is 1. The van der Waals surface area contributed by atoms with E-state index in [4.69, 9.17) is 16.3 Å². The van der Waals surface area contributed by atoms with Crippen molar-refractivity contribution in [2.75, 3.05) is 30.8 Å². The van der Waals surface area contributed by atoms with Gasteiger partial charge in [-0.3, -0.25) is 13.9 Å². The molecule has 0 saturated carbocycles. The van der Waals surface area contributed by atoms with Crippen molar-refractivity contribution in [2.24, 2.45) is 0 Å². The van der Waals surface area contributed by atoms with E-state index in [9.17, 15) is 18.0 Å². The predicted molar refractivity (Wildman–Crippen MR) is 135 cm³/mol. The lowest BCUT2D eigenvalue weighted by Gasteiger charge is -2.32. The van der Waals surface area contributed by atoms with Crippen molar-refractivity contribution in [3.63, 3.8) is 0 Å². The number of carbonyl (C=O) groups excluding carboxylic acids is 2. The first-order valence-corrected chi connectivity index (χ1v) is 13.1. The summed E-state index contributed by atoms with van der Waals surface area (Å²) < 4.78 is 31.8. The van der Waals surface area contributed by atoms with E-state index in [1.54, 1.807) is 49.4 Å². The van der Waals surface area contributed by atoms with E-state index in [0.717, 1.165) is 28.1 Å². The maximum Gasteiger partial charge on any atom is 0.244 e. The standard InChI is InChI=1S/C24H32ClN3O5S/c1-6-13-26-24(30)18(3)27(15-19-8-10-20(25)11-9-19)23(29)16-28(34(5,31)32)21-14-17(2)7-12-22(21)33-4/h7-12,14,18H,6,13,15-16H2,1-5H3,(H,26,30)/t18-/m0/s1. The SMILES string of the molecule is CCCNC(=O)[C@H](C)N(Cc1ccc(Cl)cc1)C(=O)CN(c1cc(C)ccc1OC)S(C)(=O)=O. The van der Waals surface area contributed by atoms with Gasteiger partial charge in [0.1, 0.15) is 18.3 Å². The first-order valence-electron chi connectivity index (χ1n) is 10.9. The van der Waals surface area contributed by atoms with Crippen molar-refractivity contribution in [1.82, 2.24) is 10.2 Å². The Labute approximate surface area is 206 Å². The predicted octanol–water partition coefficient (Wildman–Crippen LogP) is 3.37. The molecule has 0 bridgehead atoms. The molecule has 10 heteroatoms. The average molecular weight is 510 g/mol. The van der Waals surface area contributed by atoms with E-state index < -0.39 is 28.5 Å². The van der Waals surface area contributed by atoms with E-state index >= 15 is 0 Å². The summed E-state index contributed by atoms with van der Waals surface area (Å²) in [6, 6.07) is 11.2. The Kier molecular flexibility index (Phi) is 9.76. The monoisotopic (exact) mass is 509 g/mol. The highest BCUT2D eigenvalue weighted by Crippen LogP contribution is 2.31. The van der Waals surface area contributed by atoms with Gasteiger partial charge >= 0.3 is 0 Å². The van der Waals surface area contributed by atoms with Gasteiger partial charge in [-0.1, -0.05) is 36.7 Å². The number of halogens is 1. The molecule has 1 N–H and O–H groups in total. The Morgan fingerprint density at radius 1 is 1.15 bits per heavy atom. The molecular formula is C24H32ClN3O5S. The largest absolute Gasteiger partial charge is 0.495 e. The number of anilines is 1. The fourth-order valence-corrected chi connectivity index (χ4v) is 4.33. The molecule has 0 aromatic heterocycles. The highest BCUT2D eigenvalue weighted by molar-refractivity contribution is 7.92. The van der Waals surface area contributed by atoms with Crippen LogP contribution in [-0.4, -0.2) is 57.6 Å². The van der Waals surface area contributed by atoms with E-state index in [1.807, 2.05) is 13.8 Å². The second kappa shape index (κ2) is 12.1. The van der Waals surface area contributed by atoms with Gasteiger partial charge in [0.25, 0.3) is 0 Å². The van der Waals surface area contributed by atoms with Crippen molar-refractivity contribution >= 4 is 39.1 Å². The van der Waals surface area contributed by atoms with Gasteiger partial charge in [-0.05, 0) is 55.7 Å². The fourth-order valence-electron chi connectivity index (χ4n) is 3.35. The zero-order chi connectivity index (χ0) is 25.5. The smallest absolute Gasteiger partial charge is 0.244 e. The maximum atomic E-state index is 13.5. The molecule has 0 aliphatic carbocycles. The third-order valence-electron chi connectivity index (χ3n) is 5.26. The summed E-state index contributed by atoms with van der Waals surface area (Å²) in [6.07, 6.45) is 1.78. The van der Waals surface area contributed by atoms with E-state index in [-0.39, 0.29) is 18.1 Å². The summed E-state index contributed by atoms with van der Waals surface area (Å²) in [5, 5.41) is 3.34. The molecule has 0 aliphatic rings. The summed E-state index contributed by atoms with van der Waals surface area (Å²) in [5.74, 6) is -0.520. The molecule has 1 atom stereocenters. The topological polar surface area (TPSA) is 96.0 Å². The molecule has 2 amide bonds. The molecule has 0 fully saturated rings. The van der Waals surface area contributed by atoms with Crippen molar-refractivity contribution < 1.29 is 22.7 Å². The number of methoxy groups -OCH3 is 1. The van der Waals surface area contributed by atoms with Crippen LogP contribution < -0.4 is 14.4 Å². The summed E-state index contributed by atoms with van der Waals surface area (Å²) in [7, 11) is -2.41. The highest BCUT2D eigenvalue weighted by Gasteiger charge is 2.31. The molecule has 34 heavy (non-hydrogen) atoms. The van der Waals surface area contributed by atoms with Crippen LogP contribution in [0.1, 0.15) is 31.4 Å². The van der Waals surface area contributed by atoms with Crippen LogP contribution in [0.3, 0.4) is 0 Å². The molecule has 8 nitrogen and oxygen atoms in total. The quantitative estimate of drug-likeness (QED) is 0.501. The van der Waals surface area contributed by atoms with Gasteiger partial charge in [0, 0.05) is 18.1 Å². The van der Waals surface area contributed by atoms with Gasteiger partial charge in [-0.25, -0.2) is 8.42 Å². The Hall–Kier alpha value is -2.78. The van der Waals surface area contributed by atoms with E-state index in [1.165, 1.54) is 12.0 Å². The zero-order valence-electron chi connectivity index (χ0n) is 20.2. The van der Waals surface area contributed by atoms with Crippen LogP contribution in [0.2, 0.25) is 5.02 Å². The highest BCUT2D eigenvalue weighted by atomic mass is 35.5. The third kappa shape index (κ3) is 7.36. The lowest BCUT2D eigenvalue weighted by Crippen LogP contribution is -2.51. The molecule has 0 saturated heterocycles. The van der Waals surface area contributed by atoms with Crippen molar-refractivity contribution in [3.8, 4) is 5.75 Å². The molecule has 0 unspecified atom stereocenters. The number of benzene rings is 2. The normalized spacial score (nSPS) is 12.1. The van der Waals surface area contributed by atoms with E-state index in [0.29, 0.717) is 17.3 Å². The Morgan fingerprint density at radius 3 is 2.35 bits per heavy atom. The number of carbonyl (C=O) groups is 2. The van der Waals surface area contributed by atoms with Gasteiger partial charge in [-0.2, -0.15) is 0 Å². The summed E-state index contributed by atoms with van der Waals surface area (Å²) in [4.78, 5) is 27.6. The van der Waals surface area contributed by atoms with Crippen LogP contribution in [0, 0.1) is 6.92 Å². The number of nitrogens with zero attached hydrogens (tertiary/aromatic N) is 2. The minimum Gasteiger partial charge on any atom is -0.495 e. The van der Waals surface area contributed by atoms with Crippen molar-refractivity contribution in [3.05, 3.63) is 58.6 Å². The van der Waals surface area contributed by atoms with Gasteiger partial charge in [0.2, 0.25) is 21.8 Å².